The fraction of sp³-hybridized carbons (Fsp3) is 0.111. The van der Waals surface area contributed by atoms with Crippen LogP contribution >= 0.6 is 11.6 Å². The second kappa shape index (κ2) is 12.0. The van der Waals surface area contributed by atoms with Crippen LogP contribution in [0.1, 0.15) is 32.1 Å². The molecule has 2 N–H and O–H groups in total. The van der Waals surface area contributed by atoms with Crippen molar-refractivity contribution < 1.29 is 22.8 Å². The molecule has 6 aromatic rings. The monoisotopic (exact) mass is 662 g/mol. The molecule has 0 bridgehead atoms. The summed E-state index contributed by atoms with van der Waals surface area (Å²) in [6, 6.07) is 22.2. The van der Waals surface area contributed by atoms with E-state index in [4.69, 9.17) is 11.6 Å². The number of benzene rings is 4. The highest BCUT2D eigenvalue weighted by atomic mass is 35.5. The number of fused-ring (bicyclic) bond motifs is 6. The summed E-state index contributed by atoms with van der Waals surface area (Å²) in [6.07, 6.45) is 0. The number of aromatic nitrogens is 2. The number of amides is 2. The molecule has 4 heterocycles. The topological polar surface area (TPSA) is 116 Å². The molecule has 0 radical (unpaired) electrons. The van der Waals surface area contributed by atoms with E-state index in [1.165, 1.54) is 24.3 Å². The van der Waals surface area contributed by atoms with Crippen LogP contribution in [-0.2, 0) is 13.1 Å². The third-order valence-corrected chi connectivity index (χ3v) is 8.71. The van der Waals surface area contributed by atoms with E-state index in [-0.39, 0.29) is 22.4 Å². The first-order chi connectivity index (χ1) is 23.2. The minimum absolute atomic E-state index is 0.0444. The summed E-state index contributed by atoms with van der Waals surface area (Å²) in [5, 5.41) is 25.6. The molecule has 0 fully saturated rings. The summed E-state index contributed by atoms with van der Waals surface area (Å²) >= 11 is 5.77. The zero-order valence-electron chi connectivity index (χ0n) is 24.9. The Morgan fingerprint density at radius 2 is 1.21 bits per heavy atom. The zero-order chi connectivity index (χ0) is 33.7. The Balaban J connectivity index is 0.000000152. The van der Waals surface area contributed by atoms with Gasteiger partial charge in [0.05, 0.1) is 39.3 Å². The Hall–Kier alpha value is -6.04. The van der Waals surface area contributed by atoms with Gasteiger partial charge < -0.3 is 19.8 Å². The maximum atomic E-state index is 14.3. The van der Waals surface area contributed by atoms with Gasteiger partial charge in [0, 0.05) is 59.7 Å². The quantitative estimate of drug-likeness (QED) is 0.209. The van der Waals surface area contributed by atoms with Crippen LogP contribution in [-0.4, -0.2) is 34.0 Å². The van der Waals surface area contributed by atoms with Crippen molar-refractivity contribution in [2.24, 2.45) is 0 Å². The molecule has 2 amide bonds. The second-order valence-corrected chi connectivity index (χ2v) is 11.7. The van der Waals surface area contributed by atoms with E-state index >= 15 is 0 Å². The highest BCUT2D eigenvalue weighted by Crippen LogP contribution is 2.36. The molecule has 0 saturated heterocycles. The second-order valence-electron chi connectivity index (χ2n) is 11.3. The molecule has 0 saturated carbocycles. The van der Waals surface area contributed by atoms with E-state index in [2.05, 4.69) is 16.7 Å². The van der Waals surface area contributed by atoms with E-state index < -0.39 is 17.5 Å². The highest BCUT2D eigenvalue weighted by molar-refractivity contribution is 6.30. The van der Waals surface area contributed by atoms with Crippen molar-refractivity contribution in [2.75, 3.05) is 13.1 Å². The lowest BCUT2D eigenvalue weighted by Crippen LogP contribution is -2.34. The van der Waals surface area contributed by atoms with Crippen molar-refractivity contribution in [1.29, 1.82) is 10.5 Å². The molecule has 0 atom stereocenters. The van der Waals surface area contributed by atoms with Crippen molar-refractivity contribution in [1.82, 2.24) is 19.8 Å². The molecule has 2 aromatic heterocycles. The van der Waals surface area contributed by atoms with Crippen LogP contribution in [0, 0.1) is 40.1 Å². The number of hydrogen-bond donors (Lipinski definition) is 2. The van der Waals surface area contributed by atoms with Gasteiger partial charge in [0.2, 0.25) is 0 Å². The molecule has 48 heavy (non-hydrogen) atoms. The molecule has 8 rings (SSSR count). The van der Waals surface area contributed by atoms with Crippen molar-refractivity contribution in [3.05, 3.63) is 118 Å². The summed E-state index contributed by atoms with van der Waals surface area (Å²) in [6.45, 7) is 2.18. The molecule has 4 aromatic carbocycles. The van der Waals surface area contributed by atoms with Gasteiger partial charge in [-0.25, -0.2) is 13.2 Å². The van der Waals surface area contributed by atoms with Crippen molar-refractivity contribution in [2.45, 2.75) is 13.1 Å². The van der Waals surface area contributed by atoms with Gasteiger partial charge in [0.25, 0.3) is 11.8 Å². The summed E-state index contributed by atoms with van der Waals surface area (Å²) in [5.74, 6) is -2.25. The molecule has 2 aliphatic heterocycles. The molecule has 0 aliphatic carbocycles. The van der Waals surface area contributed by atoms with Crippen LogP contribution in [0.15, 0.2) is 72.8 Å². The SMILES string of the molecule is N#Cc1cc(-c2ccc(Cl)c(F)c2)c2c(c1)cc1n2CCNC1=O.N#Cc1cc(-c2ccc(F)cc2F)c2c(c1)cc1n2CCNC1=O. The van der Waals surface area contributed by atoms with E-state index in [0.717, 1.165) is 17.0 Å². The molecule has 0 unspecified atom stereocenters. The number of rotatable bonds is 2. The first kappa shape index (κ1) is 30.6. The standard InChI is InChI=1S/C18H11ClFN3O.C18H11F2N3O/c19-14-2-1-11(7-15(14)20)13-6-10(9-21)5-12-8-16-18(24)22-3-4-23(16)17(12)13;19-12-1-2-13(15(20)8-12)14-6-10(9-21)5-11-7-16-18(24)22-3-4-23(16)17(11)14/h2*1-2,5-8H,3-4H2,(H,22,24). The maximum Gasteiger partial charge on any atom is 0.268 e. The summed E-state index contributed by atoms with van der Waals surface area (Å²) in [4.78, 5) is 24.1. The average Bonchev–Trinajstić information content (AvgIpc) is 3.66. The van der Waals surface area contributed by atoms with Crippen LogP contribution < -0.4 is 10.6 Å². The van der Waals surface area contributed by atoms with Gasteiger partial charge in [-0.1, -0.05) is 17.7 Å². The van der Waals surface area contributed by atoms with Gasteiger partial charge in [0.15, 0.2) is 0 Å². The van der Waals surface area contributed by atoms with E-state index in [1.807, 2.05) is 15.2 Å². The molecule has 2 aliphatic rings. The number of carbonyl (C=O) groups is 2. The van der Waals surface area contributed by atoms with Crippen LogP contribution in [0.3, 0.4) is 0 Å². The largest absolute Gasteiger partial charge is 0.349 e. The van der Waals surface area contributed by atoms with Gasteiger partial charge in [-0.3, -0.25) is 9.59 Å². The van der Waals surface area contributed by atoms with E-state index in [0.29, 0.717) is 76.3 Å². The van der Waals surface area contributed by atoms with Crippen LogP contribution in [0.2, 0.25) is 5.02 Å². The zero-order valence-corrected chi connectivity index (χ0v) is 25.6. The number of carbonyl (C=O) groups excluding carboxylic acids is 2. The molecule has 8 nitrogen and oxygen atoms in total. The third-order valence-electron chi connectivity index (χ3n) is 8.40. The number of hydrogen-bond acceptors (Lipinski definition) is 4. The number of nitrogens with zero attached hydrogens (tertiary/aromatic N) is 4. The lowest BCUT2D eigenvalue weighted by Gasteiger charge is -2.18. The van der Waals surface area contributed by atoms with Crippen LogP contribution in [0.25, 0.3) is 44.1 Å². The molecular weight excluding hydrogens is 641 g/mol. The predicted molar refractivity (Wildman–Crippen MR) is 174 cm³/mol. The Morgan fingerprint density at radius 1 is 0.646 bits per heavy atom. The number of halogens is 4. The summed E-state index contributed by atoms with van der Waals surface area (Å²) < 4.78 is 45.2. The van der Waals surface area contributed by atoms with Gasteiger partial charge >= 0.3 is 0 Å². The normalized spacial score (nSPS) is 13.5. The fourth-order valence-corrected chi connectivity index (χ4v) is 6.46. The van der Waals surface area contributed by atoms with Crippen LogP contribution in [0.4, 0.5) is 13.2 Å². The minimum atomic E-state index is -0.706. The Morgan fingerprint density at radius 3 is 1.75 bits per heavy atom. The van der Waals surface area contributed by atoms with Crippen molar-refractivity contribution in [3.63, 3.8) is 0 Å². The first-order valence-corrected chi connectivity index (χ1v) is 15.2. The fourth-order valence-electron chi connectivity index (χ4n) is 6.34. The molecule has 236 valence electrons. The van der Waals surface area contributed by atoms with Crippen molar-refractivity contribution in [3.8, 4) is 34.4 Å². The average molecular weight is 663 g/mol. The summed E-state index contributed by atoms with van der Waals surface area (Å²) in [5.41, 5.74) is 5.31. The minimum Gasteiger partial charge on any atom is -0.349 e. The van der Waals surface area contributed by atoms with Crippen molar-refractivity contribution >= 4 is 45.2 Å². The summed E-state index contributed by atoms with van der Waals surface area (Å²) in [7, 11) is 0. The first-order valence-electron chi connectivity index (χ1n) is 14.8. The van der Waals surface area contributed by atoms with Gasteiger partial charge in [-0.05, 0) is 66.2 Å². The smallest absolute Gasteiger partial charge is 0.268 e. The Labute approximate surface area is 276 Å². The molecular formula is C36H22ClF3N6O2. The number of nitrogens with one attached hydrogen (secondary N) is 2. The predicted octanol–water partition coefficient (Wildman–Crippen LogP) is 6.92. The Bertz CT molecular complexity index is 2440. The maximum absolute atomic E-state index is 14.3. The highest BCUT2D eigenvalue weighted by Gasteiger charge is 2.24. The lowest BCUT2D eigenvalue weighted by atomic mass is 9.99. The molecule has 0 spiro atoms. The van der Waals surface area contributed by atoms with E-state index in [1.54, 1.807) is 42.5 Å². The molecule has 12 heteroatoms. The lowest BCUT2D eigenvalue weighted by molar-refractivity contribution is 0.0921. The van der Waals surface area contributed by atoms with Gasteiger partial charge in [0.1, 0.15) is 28.8 Å². The van der Waals surface area contributed by atoms with Gasteiger partial charge in [-0.2, -0.15) is 10.5 Å². The van der Waals surface area contributed by atoms with E-state index in [9.17, 15) is 33.3 Å². The number of nitriles is 2. The van der Waals surface area contributed by atoms with Crippen LogP contribution in [0.5, 0.6) is 0 Å². The third kappa shape index (κ3) is 5.20. The Kier molecular flexibility index (Phi) is 7.62. The van der Waals surface area contributed by atoms with Gasteiger partial charge in [-0.15, -0.1) is 0 Å².